The molecule has 0 aliphatic carbocycles. The Hall–Kier alpha value is -3.31. The molecule has 3 rings (SSSR count). The molecule has 0 bridgehead atoms. The molecule has 2 aromatic carbocycles. The number of ether oxygens (including phenoxy) is 3. The molecule has 0 radical (unpaired) electrons. The van der Waals surface area contributed by atoms with Crippen molar-refractivity contribution < 1.29 is 19.0 Å². The van der Waals surface area contributed by atoms with Gasteiger partial charge in [0.2, 0.25) is 5.75 Å². The molecule has 0 aromatic heterocycles. The lowest BCUT2D eigenvalue weighted by molar-refractivity contribution is -0.118. The minimum atomic E-state index is -0.643. The first kappa shape index (κ1) is 22.4. The van der Waals surface area contributed by atoms with Gasteiger partial charge in [0.25, 0.3) is 5.91 Å². The molecule has 162 valence electrons. The van der Waals surface area contributed by atoms with Gasteiger partial charge in [0, 0.05) is 11.3 Å². The maximum atomic E-state index is 12.6. The summed E-state index contributed by atoms with van der Waals surface area (Å²) in [6, 6.07) is 13.4. The van der Waals surface area contributed by atoms with Gasteiger partial charge >= 0.3 is 0 Å². The minimum absolute atomic E-state index is 0.0556. The summed E-state index contributed by atoms with van der Waals surface area (Å²) in [6.07, 6.45) is -0.643. The van der Waals surface area contributed by atoms with Crippen LogP contribution in [0.1, 0.15) is 37.1 Å². The number of hydrogen-bond acceptors (Lipinski definition) is 7. The Bertz CT molecular complexity index is 1030. The number of nitrogens with zero attached hydrogens (tertiary/aromatic N) is 2. The van der Waals surface area contributed by atoms with Crippen molar-refractivity contribution in [2.24, 2.45) is 0 Å². The lowest BCUT2D eigenvalue weighted by atomic mass is 10.0. The quantitative estimate of drug-likeness (QED) is 0.659. The molecule has 1 amide bonds. The molecule has 2 aromatic rings. The van der Waals surface area contributed by atoms with E-state index in [0.717, 1.165) is 5.69 Å². The van der Waals surface area contributed by atoms with Crippen LogP contribution < -0.4 is 24.4 Å². The van der Waals surface area contributed by atoms with Crippen LogP contribution >= 0.6 is 12.6 Å². The third-order valence-electron chi connectivity index (χ3n) is 5.16. The van der Waals surface area contributed by atoms with Crippen molar-refractivity contribution in [3.05, 3.63) is 58.1 Å². The van der Waals surface area contributed by atoms with Gasteiger partial charge in [-0.15, -0.1) is 12.6 Å². The molecule has 0 saturated heterocycles. The van der Waals surface area contributed by atoms with E-state index in [-0.39, 0.29) is 10.6 Å². The van der Waals surface area contributed by atoms with E-state index in [1.807, 2.05) is 30.3 Å². The van der Waals surface area contributed by atoms with Crippen LogP contribution in [0.2, 0.25) is 0 Å². The zero-order chi connectivity index (χ0) is 22.7. The smallest absolute Gasteiger partial charge is 0.266 e. The second-order valence-corrected chi connectivity index (χ2v) is 7.68. The molecule has 0 fully saturated rings. The Morgan fingerprint density at radius 3 is 2.10 bits per heavy atom. The van der Waals surface area contributed by atoms with Gasteiger partial charge in [-0.3, -0.25) is 4.79 Å². The van der Waals surface area contributed by atoms with Crippen molar-refractivity contribution in [3.8, 4) is 23.3 Å². The number of hydrogen-bond donors (Lipinski definition) is 2. The van der Waals surface area contributed by atoms with Crippen molar-refractivity contribution in [1.29, 1.82) is 5.26 Å². The molecule has 1 heterocycles. The highest BCUT2D eigenvalue weighted by atomic mass is 32.1. The average molecular weight is 440 g/mol. The van der Waals surface area contributed by atoms with E-state index in [1.54, 1.807) is 17.0 Å². The largest absolute Gasteiger partial charge is 0.493 e. The number of methoxy groups -OCH3 is 3. The maximum absolute atomic E-state index is 12.6. The highest BCUT2D eigenvalue weighted by Gasteiger charge is 2.35. The van der Waals surface area contributed by atoms with Crippen LogP contribution in [-0.4, -0.2) is 27.2 Å². The van der Waals surface area contributed by atoms with Crippen LogP contribution in [0.15, 0.2) is 47.0 Å². The second kappa shape index (κ2) is 9.23. The monoisotopic (exact) mass is 439 g/mol. The molecule has 0 spiro atoms. The van der Waals surface area contributed by atoms with E-state index < -0.39 is 12.1 Å². The van der Waals surface area contributed by atoms with Gasteiger partial charge in [0.15, 0.2) is 11.5 Å². The standard InChI is InChI=1S/C23H25N3O4S/c1-13(2)14-6-8-16(9-7-14)26-21(25-22(27)17(12-24)23(26)31)15-10-18(28-3)20(30-5)19(11-15)29-4/h6-11,13,21,31H,1-5H3,(H,25,27). The Balaban J connectivity index is 2.19. The number of carbonyl (C=O) groups is 1. The summed E-state index contributed by atoms with van der Waals surface area (Å²) in [4.78, 5) is 14.4. The molecular formula is C23H25N3O4S. The summed E-state index contributed by atoms with van der Waals surface area (Å²) in [5, 5.41) is 12.7. The van der Waals surface area contributed by atoms with Crippen molar-refractivity contribution in [3.63, 3.8) is 0 Å². The molecule has 1 atom stereocenters. The number of amides is 1. The fourth-order valence-electron chi connectivity index (χ4n) is 3.49. The van der Waals surface area contributed by atoms with E-state index in [9.17, 15) is 10.1 Å². The van der Waals surface area contributed by atoms with E-state index in [1.165, 1.54) is 26.9 Å². The number of anilines is 1. The first-order valence-electron chi connectivity index (χ1n) is 9.69. The summed E-state index contributed by atoms with van der Waals surface area (Å²) < 4.78 is 16.3. The van der Waals surface area contributed by atoms with Gasteiger partial charge in [-0.2, -0.15) is 5.26 Å². The van der Waals surface area contributed by atoms with E-state index >= 15 is 0 Å². The van der Waals surface area contributed by atoms with E-state index in [0.29, 0.717) is 28.7 Å². The van der Waals surface area contributed by atoms with Gasteiger partial charge in [-0.05, 0) is 35.7 Å². The van der Waals surface area contributed by atoms with E-state index in [4.69, 9.17) is 14.2 Å². The topological polar surface area (TPSA) is 83.8 Å². The third-order valence-corrected chi connectivity index (χ3v) is 5.60. The number of thiol groups is 1. The summed E-state index contributed by atoms with van der Waals surface area (Å²) >= 11 is 4.55. The molecule has 31 heavy (non-hydrogen) atoms. The molecule has 7 nitrogen and oxygen atoms in total. The number of benzene rings is 2. The highest BCUT2D eigenvalue weighted by Crippen LogP contribution is 2.43. The van der Waals surface area contributed by atoms with Gasteiger partial charge < -0.3 is 24.4 Å². The molecule has 0 saturated carbocycles. The van der Waals surface area contributed by atoms with Crippen molar-refractivity contribution in [1.82, 2.24) is 5.32 Å². The summed E-state index contributed by atoms with van der Waals surface area (Å²) in [6.45, 7) is 4.24. The second-order valence-electron chi connectivity index (χ2n) is 7.26. The molecular weight excluding hydrogens is 414 g/mol. The van der Waals surface area contributed by atoms with Crippen molar-refractivity contribution >= 4 is 24.2 Å². The van der Waals surface area contributed by atoms with Crippen molar-refractivity contribution in [2.45, 2.75) is 25.9 Å². The predicted molar refractivity (Wildman–Crippen MR) is 122 cm³/mol. The maximum Gasteiger partial charge on any atom is 0.266 e. The Labute approximate surface area is 187 Å². The Morgan fingerprint density at radius 1 is 1.06 bits per heavy atom. The summed E-state index contributed by atoms with van der Waals surface area (Å²) in [5.41, 5.74) is 2.58. The Morgan fingerprint density at radius 2 is 1.65 bits per heavy atom. The SMILES string of the molecule is COc1cc(C2NC(=O)C(C#N)=C(S)N2c2ccc(C(C)C)cc2)cc(OC)c1OC. The lowest BCUT2D eigenvalue weighted by Crippen LogP contribution is -2.46. The van der Waals surface area contributed by atoms with Crippen LogP contribution in [0, 0.1) is 11.3 Å². The number of nitrogens with one attached hydrogen (secondary N) is 1. The van der Waals surface area contributed by atoms with E-state index in [2.05, 4.69) is 31.8 Å². The molecule has 1 aliphatic rings. The van der Waals surface area contributed by atoms with Crippen LogP contribution in [0.5, 0.6) is 17.2 Å². The Kier molecular flexibility index (Phi) is 6.66. The zero-order valence-corrected chi connectivity index (χ0v) is 19.0. The molecule has 1 aliphatic heterocycles. The summed E-state index contributed by atoms with van der Waals surface area (Å²) in [5.74, 6) is 1.24. The zero-order valence-electron chi connectivity index (χ0n) is 18.1. The van der Waals surface area contributed by atoms with Crippen LogP contribution in [0.25, 0.3) is 0 Å². The number of carbonyl (C=O) groups excluding carboxylic acids is 1. The average Bonchev–Trinajstić information content (AvgIpc) is 2.78. The molecule has 1 unspecified atom stereocenters. The first-order chi connectivity index (χ1) is 14.9. The van der Waals surface area contributed by atoms with Crippen LogP contribution in [-0.2, 0) is 4.79 Å². The van der Waals surface area contributed by atoms with Gasteiger partial charge in [0.05, 0.1) is 26.4 Å². The van der Waals surface area contributed by atoms with Crippen LogP contribution in [0.3, 0.4) is 0 Å². The van der Waals surface area contributed by atoms with Crippen molar-refractivity contribution in [2.75, 3.05) is 26.2 Å². The van der Waals surface area contributed by atoms with Gasteiger partial charge in [-0.1, -0.05) is 26.0 Å². The van der Waals surface area contributed by atoms with Gasteiger partial charge in [-0.25, -0.2) is 0 Å². The third kappa shape index (κ3) is 4.14. The predicted octanol–water partition coefficient (Wildman–Crippen LogP) is 4.14. The molecule has 8 heteroatoms. The number of nitriles is 1. The van der Waals surface area contributed by atoms with Gasteiger partial charge in [0.1, 0.15) is 17.8 Å². The lowest BCUT2D eigenvalue weighted by Gasteiger charge is -2.38. The van der Waals surface area contributed by atoms with Crippen LogP contribution in [0.4, 0.5) is 5.69 Å². The fraction of sp³-hybridized carbons (Fsp3) is 0.304. The minimum Gasteiger partial charge on any atom is -0.493 e. The first-order valence-corrected chi connectivity index (χ1v) is 10.1. The summed E-state index contributed by atoms with van der Waals surface area (Å²) in [7, 11) is 4.58. The number of rotatable bonds is 6. The highest BCUT2D eigenvalue weighted by molar-refractivity contribution is 7.84. The molecule has 1 N–H and O–H groups in total. The fourth-order valence-corrected chi connectivity index (χ4v) is 3.87. The normalized spacial score (nSPS) is 16.1.